The van der Waals surface area contributed by atoms with Crippen LogP contribution in [0.2, 0.25) is 5.82 Å². The Balaban J connectivity index is 1.18. The van der Waals surface area contributed by atoms with Crippen molar-refractivity contribution in [1.29, 1.82) is 0 Å². The molecule has 1 aliphatic carbocycles. The number of benzene rings is 8. The van der Waals surface area contributed by atoms with Crippen LogP contribution in [0.3, 0.4) is 0 Å². The third-order valence-corrected chi connectivity index (χ3v) is 17.2. The molecule has 6 heteroatoms. The third-order valence-electron chi connectivity index (χ3n) is 17.2. The zero-order valence-electron chi connectivity index (χ0n) is 44.4. The van der Waals surface area contributed by atoms with Gasteiger partial charge in [-0.25, -0.2) is 0 Å². The van der Waals surface area contributed by atoms with Gasteiger partial charge in [0.2, 0.25) is 6.71 Å². The lowest BCUT2D eigenvalue weighted by Gasteiger charge is -2.52. The molecular weight excluding hydrogens is 894 g/mol. The molecule has 8 aromatic rings. The Bertz CT molecular complexity index is 3640. The highest BCUT2D eigenvalue weighted by atomic mass is 15.2. The standard InChI is InChI=1S/C68H64B2N4/c1-11-12-16-27-44(2)71-55-37-26-25-36-52(55)69-53-42-57-54(43-56(53)72(47-28-17-13-18-29-47)59-39-45(66(3,4)5)38-58(71)62(59)69)70-63-60(73(57)48-30-19-14-20-31-48)40-46(67(6,7)8)41-61(63)74(49-32-21-15-22-33-49)64-50-34-23-24-35-51(50)68(9,10)65(64)70/h11-43,64-65H,1H2,2-10H3/b16-12-,44-27+. The van der Waals surface area contributed by atoms with Crippen molar-refractivity contribution in [2.45, 2.75) is 90.4 Å². The van der Waals surface area contributed by atoms with E-state index < -0.39 is 0 Å². The number of rotatable bonds is 6. The average Bonchev–Trinajstić information content (AvgIpc) is 3.63. The van der Waals surface area contributed by atoms with Crippen molar-refractivity contribution < 1.29 is 0 Å². The Morgan fingerprint density at radius 1 is 0.514 bits per heavy atom. The second-order valence-electron chi connectivity index (χ2n) is 23.9. The number of hydrogen-bond donors (Lipinski definition) is 0. The first-order chi connectivity index (χ1) is 35.7. The van der Waals surface area contributed by atoms with Gasteiger partial charge in [0.05, 0.1) is 6.04 Å². The fourth-order valence-corrected chi connectivity index (χ4v) is 13.8. The minimum Gasteiger partial charge on any atom is -0.335 e. The molecule has 0 spiro atoms. The van der Waals surface area contributed by atoms with Gasteiger partial charge in [-0.2, -0.15) is 0 Å². The molecule has 0 amide bonds. The second-order valence-corrected chi connectivity index (χ2v) is 23.9. The maximum Gasteiger partial charge on any atom is 0.252 e. The molecule has 0 saturated carbocycles. The van der Waals surface area contributed by atoms with Crippen molar-refractivity contribution in [1.82, 2.24) is 0 Å². The van der Waals surface area contributed by atoms with Gasteiger partial charge in [0.25, 0.3) is 6.71 Å². The highest BCUT2D eigenvalue weighted by Gasteiger charge is 2.60. The zero-order valence-corrected chi connectivity index (χ0v) is 44.4. The maximum atomic E-state index is 3.99. The lowest BCUT2D eigenvalue weighted by atomic mass is 9.26. The highest BCUT2D eigenvalue weighted by molar-refractivity contribution is 7.01. The Hall–Kier alpha value is -7.69. The van der Waals surface area contributed by atoms with Crippen molar-refractivity contribution >= 4 is 97.6 Å². The number of hydrogen-bond acceptors (Lipinski definition) is 4. The summed E-state index contributed by atoms with van der Waals surface area (Å²) in [6.07, 6.45) is 8.21. The molecule has 4 aliphatic heterocycles. The fourth-order valence-electron chi connectivity index (χ4n) is 13.8. The fraction of sp³-hybridized carbons (Fsp3) is 0.206. The van der Waals surface area contributed by atoms with E-state index in [1.165, 1.54) is 95.1 Å². The summed E-state index contributed by atoms with van der Waals surface area (Å²) in [6.45, 7) is 25.5. The summed E-state index contributed by atoms with van der Waals surface area (Å²) in [5.74, 6) is 0.190. The predicted molar refractivity (Wildman–Crippen MR) is 319 cm³/mol. The van der Waals surface area contributed by atoms with Crippen LogP contribution in [0.25, 0.3) is 0 Å². The van der Waals surface area contributed by atoms with E-state index in [9.17, 15) is 0 Å². The molecule has 0 N–H and O–H groups in total. The predicted octanol–water partition coefficient (Wildman–Crippen LogP) is 14.6. The van der Waals surface area contributed by atoms with Crippen molar-refractivity contribution in [3.63, 3.8) is 0 Å². The lowest BCUT2D eigenvalue weighted by molar-refractivity contribution is 0.468. The van der Waals surface area contributed by atoms with Crippen molar-refractivity contribution in [3.05, 3.63) is 235 Å². The number of anilines is 10. The van der Waals surface area contributed by atoms with Crippen LogP contribution in [-0.2, 0) is 16.2 Å². The lowest BCUT2D eigenvalue weighted by Crippen LogP contribution is -2.64. The Morgan fingerprint density at radius 3 is 1.65 bits per heavy atom. The first kappa shape index (κ1) is 46.1. The van der Waals surface area contributed by atoms with Crippen LogP contribution in [0.5, 0.6) is 0 Å². The SMILES string of the molecule is C=C/C=C\C=C(/C)N1c2ccccc2B2c3cc4c(cc3N(c3ccccc3)c3cc(C(C)(C)C)cc1c32)B1c2c(cc(C(C)(C)C)cc2N(c2ccccc2)C2c3ccccc3C(C)(C)C12)N4c1ccccc1. The number of nitrogens with zero attached hydrogens (tertiary/aromatic N) is 4. The van der Waals surface area contributed by atoms with E-state index in [-0.39, 0.29) is 41.5 Å². The van der Waals surface area contributed by atoms with E-state index in [4.69, 9.17) is 0 Å². The molecule has 8 aromatic carbocycles. The molecule has 0 saturated heterocycles. The highest BCUT2D eigenvalue weighted by Crippen LogP contribution is 2.63. The molecule has 4 nitrogen and oxygen atoms in total. The van der Waals surface area contributed by atoms with Crippen molar-refractivity contribution in [2.75, 3.05) is 19.6 Å². The molecule has 0 radical (unpaired) electrons. The maximum absolute atomic E-state index is 3.99. The van der Waals surface area contributed by atoms with Gasteiger partial charge >= 0.3 is 0 Å². The minimum absolute atomic E-state index is 0.0476. The van der Waals surface area contributed by atoms with E-state index in [0.29, 0.717) is 0 Å². The first-order valence-electron chi connectivity index (χ1n) is 26.7. The molecule has 4 heterocycles. The Morgan fingerprint density at radius 2 is 1.03 bits per heavy atom. The van der Waals surface area contributed by atoms with Gasteiger partial charge < -0.3 is 19.6 Å². The monoisotopic (exact) mass is 959 g/mol. The van der Waals surface area contributed by atoms with Gasteiger partial charge in [-0.15, -0.1) is 0 Å². The molecule has 13 rings (SSSR count). The third kappa shape index (κ3) is 6.76. The van der Waals surface area contributed by atoms with Gasteiger partial charge in [0, 0.05) is 62.6 Å². The smallest absolute Gasteiger partial charge is 0.252 e. The molecule has 0 aromatic heterocycles. The van der Waals surface area contributed by atoms with E-state index >= 15 is 0 Å². The van der Waals surface area contributed by atoms with Crippen LogP contribution in [0.15, 0.2) is 213 Å². The molecule has 0 bridgehead atoms. The summed E-state index contributed by atoms with van der Waals surface area (Å²) in [5, 5.41) is 0. The summed E-state index contributed by atoms with van der Waals surface area (Å²) in [4.78, 5) is 10.5. The molecule has 2 atom stereocenters. The number of fused-ring (bicyclic) bond motifs is 10. The summed E-state index contributed by atoms with van der Waals surface area (Å²) in [7, 11) is 0. The summed E-state index contributed by atoms with van der Waals surface area (Å²) < 4.78 is 0. The average molecular weight is 959 g/mol. The molecule has 0 fully saturated rings. The zero-order chi connectivity index (χ0) is 51.0. The van der Waals surface area contributed by atoms with E-state index in [0.717, 1.165) is 17.1 Å². The Kier molecular flexibility index (Phi) is 10.4. The molecular formula is C68H64B2N4. The normalized spacial score (nSPS) is 17.8. The van der Waals surface area contributed by atoms with Gasteiger partial charge in [0.15, 0.2) is 0 Å². The summed E-state index contributed by atoms with van der Waals surface area (Å²) in [6, 6.07) is 67.7. The first-order valence-corrected chi connectivity index (χ1v) is 26.7. The summed E-state index contributed by atoms with van der Waals surface area (Å²) in [5.41, 5.74) is 25.3. The topological polar surface area (TPSA) is 13.0 Å². The van der Waals surface area contributed by atoms with Crippen LogP contribution in [0.4, 0.5) is 56.9 Å². The van der Waals surface area contributed by atoms with E-state index in [1.807, 2.05) is 12.2 Å². The number of para-hydroxylation sites is 4. The van der Waals surface area contributed by atoms with E-state index in [1.54, 1.807) is 0 Å². The molecule has 5 aliphatic rings. The quantitative estimate of drug-likeness (QED) is 0.122. The van der Waals surface area contributed by atoms with Gasteiger partial charge in [-0.05, 0) is 163 Å². The number of allylic oxidation sites excluding steroid dienone is 5. The molecule has 74 heavy (non-hydrogen) atoms. The van der Waals surface area contributed by atoms with Crippen LogP contribution in [0.1, 0.15) is 90.6 Å². The van der Waals surface area contributed by atoms with Crippen LogP contribution in [0, 0.1) is 0 Å². The van der Waals surface area contributed by atoms with Gasteiger partial charge in [0.1, 0.15) is 0 Å². The largest absolute Gasteiger partial charge is 0.335 e. The minimum atomic E-state index is -0.182. The molecule has 362 valence electrons. The van der Waals surface area contributed by atoms with Crippen molar-refractivity contribution in [2.24, 2.45) is 0 Å². The van der Waals surface area contributed by atoms with Crippen molar-refractivity contribution in [3.8, 4) is 0 Å². The van der Waals surface area contributed by atoms with Gasteiger partial charge in [-0.3, -0.25) is 0 Å². The second kappa shape index (κ2) is 16.7. The van der Waals surface area contributed by atoms with Gasteiger partial charge in [-0.1, -0.05) is 177 Å². The van der Waals surface area contributed by atoms with Crippen LogP contribution < -0.4 is 46.9 Å². The Labute approximate surface area is 440 Å². The molecule has 2 unspecified atom stereocenters. The van der Waals surface area contributed by atoms with Crippen LogP contribution in [-0.4, -0.2) is 13.4 Å². The summed E-state index contributed by atoms with van der Waals surface area (Å²) >= 11 is 0. The van der Waals surface area contributed by atoms with Crippen LogP contribution >= 0.6 is 0 Å². The van der Waals surface area contributed by atoms with E-state index in [2.05, 4.69) is 277 Å².